The van der Waals surface area contributed by atoms with Crippen LogP contribution in [-0.2, 0) is 0 Å². The smallest absolute Gasteiger partial charge is 0.227 e. The SMILES string of the molecule is c1ccc(-c2ccc(N(c3ccc(-c4nc5ccccc5o4)cc3)c3ccc4c(ccc5cc(N(c6ccc(-c7ccccc7)cc6)c6ccc7c(c6)c6ccccc6n7-c6ccccc6)ccc54)c3)cc2)cc1. The summed E-state index contributed by atoms with van der Waals surface area (Å²) in [6, 6.07) is 99.9. The lowest BCUT2D eigenvalue weighted by Crippen LogP contribution is -2.10. The van der Waals surface area contributed by atoms with Gasteiger partial charge in [-0.15, -0.1) is 0 Å². The number of benzene rings is 12. The van der Waals surface area contributed by atoms with E-state index in [0.717, 1.165) is 61.9 Å². The number of oxazole rings is 1. The van der Waals surface area contributed by atoms with Crippen molar-refractivity contribution in [2.75, 3.05) is 9.80 Å². The van der Waals surface area contributed by atoms with Gasteiger partial charge in [0.15, 0.2) is 5.58 Å². The first-order valence-corrected chi connectivity index (χ1v) is 25.1. The number of para-hydroxylation sites is 4. The van der Waals surface area contributed by atoms with Gasteiger partial charge in [0.1, 0.15) is 5.52 Å². The molecule has 0 N–H and O–H groups in total. The molecule has 0 aliphatic rings. The Bertz CT molecular complexity index is 4300. The molecule has 0 fully saturated rings. The van der Waals surface area contributed by atoms with E-state index in [-0.39, 0.29) is 0 Å². The van der Waals surface area contributed by atoms with Gasteiger partial charge in [-0.2, -0.15) is 0 Å². The van der Waals surface area contributed by atoms with Crippen molar-refractivity contribution in [1.82, 2.24) is 9.55 Å². The fourth-order valence-corrected chi connectivity index (χ4v) is 10.8. The van der Waals surface area contributed by atoms with Crippen LogP contribution < -0.4 is 9.80 Å². The number of hydrogen-bond donors (Lipinski definition) is 0. The Morgan fingerprint density at radius 2 is 0.730 bits per heavy atom. The van der Waals surface area contributed by atoms with Gasteiger partial charge in [-0.05, 0) is 165 Å². The zero-order valence-electron chi connectivity index (χ0n) is 40.3. The number of anilines is 6. The molecule has 0 saturated carbocycles. The van der Waals surface area contributed by atoms with Crippen molar-refractivity contribution < 1.29 is 4.42 Å². The van der Waals surface area contributed by atoms with Crippen LogP contribution in [0.2, 0.25) is 0 Å². The molecule has 2 heterocycles. The molecule has 0 aliphatic heterocycles. The summed E-state index contributed by atoms with van der Waals surface area (Å²) in [5.41, 5.74) is 17.2. The van der Waals surface area contributed by atoms with Crippen molar-refractivity contribution in [3.8, 4) is 39.4 Å². The van der Waals surface area contributed by atoms with E-state index in [0.29, 0.717) is 5.89 Å². The average Bonchev–Trinajstić information content (AvgIpc) is 4.08. The second-order valence-corrected chi connectivity index (χ2v) is 18.8. The van der Waals surface area contributed by atoms with Gasteiger partial charge in [-0.3, -0.25) is 0 Å². The molecule has 0 amide bonds. The van der Waals surface area contributed by atoms with Gasteiger partial charge in [-0.1, -0.05) is 158 Å². The Morgan fingerprint density at radius 1 is 0.297 bits per heavy atom. The molecule has 12 aromatic carbocycles. The van der Waals surface area contributed by atoms with E-state index in [1.165, 1.54) is 60.2 Å². The highest BCUT2D eigenvalue weighted by Crippen LogP contribution is 2.43. The van der Waals surface area contributed by atoms with Gasteiger partial charge in [0.05, 0.1) is 11.0 Å². The molecule has 0 aliphatic carbocycles. The standard InChI is InChI=1S/C69H46N4O/c1-4-14-47(15-5-1)49-26-32-55(33-27-49)71(56-36-30-51(31-37-56)69-70-65-21-11-13-23-68(65)74-69)58-38-41-61-52(44-58)24-25-53-45-59(39-42-62(53)61)72(57-34-28-50(29-35-57)48-16-6-2-7-17-48)60-40-43-67-64(46-60)63-20-10-12-22-66(63)73(67)54-18-8-3-9-19-54/h1-46H. The van der Waals surface area contributed by atoms with E-state index < -0.39 is 0 Å². The molecule has 74 heavy (non-hydrogen) atoms. The molecule has 14 rings (SSSR count). The largest absolute Gasteiger partial charge is 0.436 e. The number of aromatic nitrogens is 2. The lowest BCUT2D eigenvalue weighted by Gasteiger charge is -2.27. The van der Waals surface area contributed by atoms with Crippen molar-refractivity contribution in [3.05, 3.63) is 279 Å². The van der Waals surface area contributed by atoms with Crippen LogP contribution in [0.1, 0.15) is 0 Å². The van der Waals surface area contributed by atoms with Crippen LogP contribution in [0.3, 0.4) is 0 Å². The van der Waals surface area contributed by atoms with Gasteiger partial charge < -0.3 is 18.8 Å². The van der Waals surface area contributed by atoms with Crippen molar-refractivity contribution in [1.29, 1.82) is 0 Å². The Kier molecular flexibility index (Phi) is 10.4. The predicted molar refractivity (Wildman–Crippen MR) is 309 cm³/mol. The maximum Gasteiger partial charge on any atom is 0.227 e. The van der Waals surface area contributed by atoms with Crippen LogP contribution in [-0.4, -0.2) is 9.55 Å². The van der Waals surface area contributed by atoms with E-state index in [9.17, 15) is 0 Å². The normalized spacial score (nSPS) is 11.5. The quantitative estimate of drug-likeness (QED) is 0.128. The second kappa shape index (κ2) is 18.0. The summed E-state index contributed by atoms with van der Waals surface area (Å²) in [5, 5.41) is 7.13. The minimum Gasteiger partial charge on any atom is -0.436 e. The van der Waals surface area contributed by atoms with E-state index in [4.69, 9.17) is 9.40 Å². The van der Waals surface area contributed by atoms with Crippen LogP contribution in [0.15, 0.2) is 283 Å². The average molecular weight is 947 g/mol. The summed E-state index contributed by atoms with van der Waals surface area (Å²) in [4.78, 5) is 9.50. The third-order valence-electron chi connectivity index (χ3n) is 14.4. The zero-order valence-corrected chi connectivity index (χ0v) is 40.3. The molecule has 0 radical (unpaired) electrons. The Balaban J connectivity index is 0.864. The lowest BCUT2D eigenvalue weighted by atomic mass is 9.99. The van der Waals surface area contributed by atoms with Crippen LogP contribution in [0.5, 0.6) is 0 Å². The minimum absolute atomic E-state index is 0.606. The monoisotopic (exact) mass is 946 g/mol. The third-order valence-corrected chi connectivity index (χ3v) is 14.4. The Hall–Kier alpha value is -9.97. The van der Waals surface area contributed by atoms with Gasteiger partial charge in [0, 0.05) is 56.1 Å². The van der Waals surface area contributed by atoms with E-state index in [1.54, 1.807) is 0 Å². The summed E-state index contributed by atoms with van der Waals surface area (Å²) in [6.45, 7) is 0. The maximum atomic E-state index is 6.16. The number of nitrogens with zero attached hydrogens (tertiary/aromatic N) is 4. The van der Waals surface area contributed by atoms with Gasteiger partial charge in [0.2, 0.25) is 5.89 Å². The fourth-order valence-electron chi connectivity index (χ4n) is 10.8. The summed E-state index contributed by atoms with van der Waals surface area (Å²) < 4.78 is 8.54. The highest BCUT2D eigenvalue weighted by molar-refractivity contribution is 6.12. The van der Waals surface area contributed by atoms with Crippen LogP contribution in [0.4, 0.5) is 34.1 Å². The summed E-state index contributed by atoms with van der Waals surface area (Å²) >= 11 is 0. The van der Waals surface area contributed by atoms with E-state index >= 15 is 0 Å². The Labute approximate surface area is 428 Å². The molecule has 348 valence electrons. The molecule has 0 saturated heterocycles. The van der Waals surface area contributed by atoms with Crippen molar-refractivity contribution >= 4 is 88.6 Å². The third kappa shape index (κ3) is 7.63. The molecular weight excluding hydrogens is 901 g/mol. The van der Waals surface area contributed by atoms with E-state index in [2.05, 4.69) is 269 Å². The lowest BCUT2D eigenvalue weighted by molar-refractivity contribution is 0.620. The molecule has 0 atom stereocenters. The molecule has 2 aromatic heterocycles. The fraction of sp³-hybridized carbons (Fsp3) is 0. The number of rotatable bonds is 10. The van der Waals surface area contributed by atoms with Crippen molar-refractivity contribution in [2.45, 2.75) is 0 Å². The summed E-state index contributed by atoms with van der Waals surface area (Å²) in [6.07, 6.45) is 0. The molecule has 0 spiro atoms. The second-order valence-electron chi connectivity index (χ2n) is 18.8. The Morgan fingerprint density at radius 3 is 1.31 bits per heavy atom. The van der Waals surface area contributed by atoms with Crippen LogP contribution >= 0.6 is 0 Å². The van der Waals surface area contributed by atoms with Crippen LogP contribution in [0, 0.1) is 0 Å². The summed E-state index contributed by atoms with van der Waals surface area (Å²) in [5.74, 6) is 0.606. The zero-order chi connectivity index (χ0) is 49.0. The van der Waals surface area contributed by atoms with Crippen molar-refractivity contribution in [3.63, 3.8) is 0 Å². The maximum absolute atomic E-state index is 6.16. The van der Waals surface area contributed by atoms with E-state index in [1.807, 2.05) is 24.3 Å². The topological polar surface area (TPSA) is 37.4 Å². The highest BCUT2D eigenvalue weighted by Gasteiger charge is 2.20. The van der Waals surface area contributed by atoms with Gasteiger partial charge in [-0.25, -0.2) is 4.98 Å². The minimum atomic E-state index is 0.606. The number of hydrogen-bond acceptors (Lipinski definition) is 4. The number of fused-ring (bicyclic) bond motifs is 7. The van der Waals surface area contributed by atoms with Crippen LogP contribution in [0.25, 0.3) is 93.8 Å². The molecule has 5 nitrogen and oxygen atoms in total. The molecule has 14 aromatic rings. The van der Waals surface area contributed by atoms with Gasteiger partial charge in [0.25, 0.3) is 0 Å². The predicted octanol–water partition coefficient (Wildman–Crippen LogP) is 19.2. The molecule has 0 unspecified atom stereocenters. The highest BCUT2D eigenvalue weighted by atomic mass is 16.3. The summed E-state index contributed by atoms with van der Waals surface area (Å²) in [7, 11) is 0. The first-order valence-electron chi connectivity index (χ1n) is 25.1. The van der Waals surface area contributed by atoms with Crippen molar-refractivity contribution in [2.24, 2.45) is 0 Å². The molecule has 0 bridgehead atoms. The molecule has 5 heteroatoms. The first-order chi connectivity index (χ1) is 36.7. The first kappa shape index (κ1) is 42.9. The molecular formula is C69H46N4O. The van der Waals surface area contributed by atoms with Gasteiger partial charge >= 0.3 is 0 Å².